The Hall–Kier alpha value is -1.14. The van der Waals surface area contributed by atoms with Gasteiger partial charge in [-0.1, -0.05) is 0 Å². The number of carbonyl (C=O) groups excluding carboxylic acids is 1. The Kier molecular flexibility index (Phi) is 6.07. The maximum Gasteiger partial charge on any atom is 0.317 e. The molecule has 0 radical (unpaired) electrons. The summed E-state index contributed by atoms with van der Waals surface area (Å²) >= 11 is 1.55. The van der Waals surface area contributed by atoms with Gasteiger partial charge in [-0.3, -0.25) is 0 Å². The Labute approximate surface area is 112 Å². The van der Waals surface area contributed by atoms with Crippen molar-refractivity contribution in [1.29, 1.82) is 0 Å². The van der Waals surface area contributed by atoms with E-state index in [2.05, 4.69) is 10.3 Å². The highest BCUT2D eigenvalue weighted by Gasteiger charge is 2.17. The van der Waals surface area contributed by atoms with Crippen LogP contribution >= 0.6 is 11.3 Å². The van der Waals surface area contributed by atoms with Gasteiger partial charge in [-0.2, -0.15) is 0 Å². The van der Waals surface area contributed by atoms with E-state index >= 15 is 0 Å². The normalized spacial score (nSPS) is 12.5. The van der Waals surface area contributed by atoms with E-state index in [1.54, 1.807) is 28.7 Å². The number of carbonyl (C=O) groups is 1. The lowest BCUT2D eigenvalue weighted by atomic mass is 10.3. The number of aromatic nitrogens is 1. The fourth-order valence-corrected chi connectivity index (χ4v) is 2.17. The van der Waals surface area contributed by atoms with Crippen molar-refractivity contribution in [1.82, 2.24) is 15.2 Å². The van der Waals surface area contributed by atoms with Gasteiger partial charge in [-0.25, -0.2) is 9.78 Å². The second-order valence-electron chi connectivity index (χ2n) is 4.56. The van der Waals surface area contributed by atoms with E-state index in [4.69, 9.17) is 0 Å². The molecule has 1 aromatic rings. The average molecular weight is 271 g/mol. The number of hydrogen-bond donors (Lipinski definition) is 2. The molecule has 102 valence electrons. The van der Waals surface area contributed by atoms with Crippen molar-refractivity contribution in [2.45, 2.75) is 39.3 Å². The molecule has 1 unspecified atom stereocenters. The molecule has 18 heavy (non-hydrogen) atoms. The van der Waals surface area contributed by atoms with Crippen molar-refractivity contribution in [2.75, 3.05) is 13.1 Å². The number of hydrogen-bond acceptors (Lipinski definition) is 4. The van der Waals surface area contributed by atoms with Crippen LogP contribution in [0.15, 0.2) is 10.9 Å². The molecule has 0 aliphatic heterocycles. The Bertz CT molecular complexity index is 352. The van der Waals surface area contributed by atoms with E-state index in [9.17, 15) is 9.90 Å². The maximum absolute atomic E-state index is 11.9. The molecule has 0 saturated heterocycles. The zero-order valence-corrected chi connectivity index (χ0v) is 11.9. The largest absolute Gasteiger partial charge is 0.392 e. The Morgan fingerprint density at radius 1 is 1.56 bits per heavy atom. The van der Waals surface area contributed by atoms with Crippen LogP contribution in [0.3, 0.4) is 0 Å². The van der Waals surface area contributed by atoms with Gasteiger partial charge >= 0.3 is 6.03 Å². The lowest BCUT2D eigenvalue weighted by Crippen LogP contribution is -2.47. The Balaban J connectivity index is 2.37. The Morgan fingerprint density at radius 3 is 2.78 bits per heavy atom. The third-order valence-corrected chi connectivity index (χ3v) is 3.12. The number of rotatable bonds is 6. The minimum absolute atomic E-state index is 0.0684. The van der Waals surface area contributed by atoms with Crippen LogP contribution in [0.1, 0.15) is 26.5 Å². The minimum atomic E-state index is -0.517. The van der Waals surface area contributed by atoms with Crippen molar-refractivity contribution < 1.29 is 9.90 Å². The predicted molar refractivity (Wildman–Crippen MR) is 72.7 cm³/mol. The lowest BCUT2D eigenvalue weighted by molar-refractivity contribution is 0.119. The first kappa shape index (κ1) is 14.9. The van der Waals surface area contributed by atoms with Gasteiger partial charge in [0.2, 0.25) is 0 Å². The van der Waals surface area contributed by atoms with Gasteiger partial charge in [0.05, 0.1) is 17.3 Å². The summed E-state index contributed by atoms with van der Waals surface area (Å²) in [6.45, 7) is 6.45. The molecule has 0 bridgehead atoms. The number of amides is 2. The first-order valence-electron chi connectivity index (χ1n) is 6.10. The summed E-state index contributed by atoms with van der Waals surface area (Å²) in [6, 6.07) is -0.0694. The average Bonchev–Trinajstić information content (AvgIpc) is 2.78. The van der Waals surface area contributed by atoms with Crippen molar-refractivity contribution >= 4 is 17.4 Å². The van der Waals surface area contributed by atoms with E-state index in [0.29, 0.717) is 13.1 Å². The summed E-state index contributed by atoms with van der Waals surface area (Å²) < 4.78 is 0. The number of aliphatic hydroxyl groups is 1. The molecule has 2 amide bonds. The summed E-state index contributed by atoms with van der Waals surface area (Å²) in [5.41, 5.74) is 2.78. The van der Waals surface area contributed by atoms with Crippen LogP contribution in [-0.4, -0.2) is 46.3 Å². The maximum atomic E-state index is 11.9. The standard InChI is InChI=1S/C12H21N3O2S/c1-9(2)15(6-10(3)16)12(17)13-5-4-11-7-18-8-14-11/h7-10,16H,4-6H2,1-3H3,(H,13,17). The molecular formula is C12H21N3O2S. The van der Waals surface area contributed by atoms with Gasteiger partial charge in [0.15, 0.2) is 0 Å². The second-order valence-corrected chi connectivity index (χ2v) is 5.28. The van der Waals surface area contributed by atoms with Crippen molar-refractivity contribution in [3.05, 3.63) is 16.6 Å². The first-order chi connectivity index (χ1) is 8.50. The molecule has 0 fully saturated rings. The van der Waals surface area contributed by atoms with Crippen LogP contribution in [0.2, 0.25) is 0 Å². The topological polar surface area (TPSA) is 65.5 Å². The smallest absolute Gasteiger partial charge is 0.317 e. The van der Waals surface area contributed by atoms with E-state index in [1.165, 1.54) is 0 Å². The van der Waals surface area contributed by atoms with Gasteiger partial charge < -0.3 is 15.3 Å². The van der Waals surface area contributed by atoms with Crippen LogP contribution in [0.4, 0.5) is 4.79 Å². The summed E-state index contributed by atoms with van der Waals surface area (Å²) in [7, 11) is 0. The van der Waals surface area contributed by atoms with Crippen LogP contribution in [-0.2, 0) is 6.42 Å². The summed E-state index contributed by atoms with van der Waals surface area (Å²) in [6.07, 6.45) is 0.215. The number of urea groups is 1. The first-order valence-corrected chi connectivity index (χ1v) is 7.04. The van der Waals surface area contributed by atoms with Gasteiger partial charge in [-0.05, 0) is 20.8 Å². The quantitative estimate of drug-likeness (QED) is 0.824. The molecule has 0 saturated carbocycles. The van der Waals surface area contributed by atoms with Crippen LogP contribution in [0.5, 0.6) is 0 Å². The van der Waals surface area contributed by atoms with Gasteiger partial charge in [-0.15, -0.1) is 11.3 Å². The molecule has 1 heterocycles. The number of nitrogens with zero attached hydrogens (tertiary/aromatic N) is 2. The number of thiazole rings is 1. The SMILES string of the molecule is CC(O)CN(C(=O)NCCc1cscn1)C(C)C. The molecule has 0 aliphatic rings. The van der Waals surface area contributed by atoms with E-state index < -0.39 is 6.10 Å². The molecule has 6 heteroatoms. The molecule has 5 nitrogen and oxygen atoms in total. The fourth-order valence-electron chi connectivity index (χ4n) is 1.57. The Morgan fingerprint density at radius 2 is 2.28 bits per heavy atom. The number of nitrogens with one attached hydrogen (secondary N) is 1. The van der Waals surface area contributed by atoms with Crippen LogP contribution in [0, 0.1) is 0 Å². The second kappa shape index (κ2) is 7.33. The molecule has 1 aromatic heterocycles. The van der Waals surface area contributed by atoms with E-state index in [0.717, 1.165) is 12.1 Å². The van der Waals surface area contributed by atoms with Crippen molar-refractivity contribution in [2.24, 2.45) is 0 Å². The third kappa shape index (κ3) is 5.01. The highest BCUT2D eigenvalue weighted by molar-refractivity contribution is 7.07. The van der Waals surface area contributed by atoms with Crippen molar-refractivity contribution in [3.8, 4) is 0 Å². The predicted octanol–water partition coefficient (Wildman–Crippen LogP) is 1.49. The van der Waals surface area contributed by atoms with E-state index in [1.807, 2.05) is 19.2 Å². The molecule has 2 N–H and O–H groups in total. The van der Waals surface area contributed by atoms with Crippen LogP contribution < -0.4 is 5.32 Å². The highest BCUT2D eigenvalue weighted by Crippen LogP contribution is 2.03. The van der Waals surface area contributed by atoms with E-state index in [-0.39, 0.29) is 12.1 Å². The lowest BCUT2D eigenvalue weighted by Gasteiger charge is -2.28. The fraction of sp³-hybridized carbons (Fsp3) is 0.667. The highest BCUT2D eigenvalue weighted by atomic mass is 32.1. The summed E-state index contributed by atoms with van der Waals surface area (Å²) in [4.78, 5) is 17.7. The molecule has 0 aromatic carbocycles. The van der Waals surface area contributed by atoms with Crippen molar-refractivity contribution in [3.63, 3.8) is 0 Å². The molecule has 1 atom stereocenters. The zero-order valence-electron chi connectivity index (χ0n) is 11.1. The number of aliphatic hydroxyl groups excluding tert-OH is 1. The molecule has 1 rings (SSSR count). The summed E-state index contributed by atoms with van der Waals surface area (Å²) in [5, 5.41) is 14.2. The van der Waals surface area contributed by atoms with Gasteiger partial charge in [0.1, 0.15) is 0 Å². The molecule has 0 aliphatic carbocycles. The molecule has 0 spiro atoms. The third-order valence-electron chi connectivity index (χ3n) is 2.49. The minimum Gasteiger partial charge on any atom is -0.392 e. The zero-order chi connectivity index (χ0) is 13.5. The van der Waals surface area contributed by atoms with Gasteiger partial charge in [0, 0.05) is 30.9 Å². The van der Waals surface area contributed by atoms with Gasteiger partial charge in [0.25, 0.3) is 0 Å². The summed E-state index contributed by atoms with van der Waals surface area (Å²) in [5.74, 6) is 0. The van der Waals surface area contributed by atoms with Crippen LogP contribution in [0.25, 0.3) is 0 Å². The molecular weight excluding hydrogens is 250 g/mol. The monoisotopic (exact) mass is 271 g/mol.